The van der Waals surface area contributed by atoms with Crippen LogP contribution in [-0.4, -0.2) is 31.1 Å². The maximum absolute atomic E-state index is 13.2. The normalized spacial score (nSPS) is 16.7. The summed E-state index contributed by atoms with van der Waals surface area (Å²) in [6.45, 7) is 3.18. The number of benzene rings is 2. The minimum absolute atomic E-state index is 0.00221. The first-order valence-electron chi connectivity index (χ1n) is 9.17. The molecule has 1 atom stereocenters. The Bertz CT molecular complexity index is 817. The van der Waals surface area contributed by atoms with Crippen LogP contribution >= 0.6 is 0 Å². The minimum atomic E-state index is -0.265. The van der Waals surface area contributed by atoms with Gasteiger partial charge in [0.15, 0.2) is 11.5 Å². The fraction of sp³-hybridized carbons (Fsp3) is 0.318. The molecule has 1 aliphatic rings. The first-order chi connectivity index (χ1) is 13.1. The number of rotatable bonds is 6. The summed E-state index contributed by atoms with van der Waals surface area (Å²) >= 11 is 0. The maximum atomic E-state index is 13.2. The Morgan fingerprint density at radius 2 is 2.00 bits per heavy atom. The summed E-state index contributed by atoms with van der Waals surface area (Å²) in [5.41, 5.74) is 1.83. The number of halogens is 1. The van der Waals surface area contributed by atoms with Gasteiger partial charge in [0.1, 0.15) is 5.82 Å². The second-order valence-electron chi connectivity index (χ2n) is 6.42. The molecule has 1 aliphatic heterocycles. The standard InChI is InChI=1S/C22H24FNO3/c1-3-27-20-12-6-16(15-21(20)26-2)7-13-22(25)24-14-4-5-19(24)17-8-10-18(23)11-9-17/h6-13,15,19H,3-5,14H2,1-2H3/b13-7+. The van der Waals surface area contributed by atoms with E-state index in [1.54, 1.807) is 31.4 Å². The van der Waals surface area contributed by atoms with Crippen molar-refractivity contribution in [1.82, 2.24) is 4.90 Å². The molecule has 3 rings (SSSR count). The highest BCUT2D eigenvalue weighted by Gasteiger charge is 2.28. The van der Waals surface area contributed by atoms with Gasteiger partial charge in [-0.05, 0) is 61.2 Å². The zero-order valence-corrected chi connectivity index (χ0v) is 15.7. The Balaban J connectivity index is 1.73. The van der Waals surface area contributed by atoms with Crippen molar-refractivity contribution in [3.05, 3.63) is 65.5 Å². The number of carbonyl (C=O) groups excluding carboxylic acids is 1. The van der Waals surface area contributed by atoms with Crippen LogP contribution < -0.4 is 9.47 Å². The van der Waals surface area contributed by atoms with Gasteiger partial charge in [-0.15, -0.1) is 0 Å². The van der Waals surface area contributed by atoms with E-state index in [0.717, 1.165) is 24.0 Å². The van der Waals surface area contributed by atoms with Crippen molar-refractivity contribution in [3.63, 3.8) is 0 Å². The van der Waals surface area contributed by atoms with Gasteiger partial charge in [-0.2, -0.15) is 0 Å². The zero-order valence-electron chi connectivity index (χ0n) is 15.7. The van der Waals surface area contributed by atoms with Crippen LogP contribution in [-0.2, 0) is 4.79 Å². The van der Waals surface area contributed by atoms with Crippen LogP contribution in [0.1, 0.15) is 36.9 Å². The third kappa shape index (κ3) is 4.48. The summed E-state index contributed by atoms with van der Waals surface area (Å²) in [6, 6.07) is 12.0. The van der Waals surface area contributed by atoms with E-state index in [-0.39, 0.29) is 17.8 Å². The van der Waals surface area contributed by atoms with E-state index in [4.69, 9.17) is 9.47 Å². The third-order valence-corrected chi connectivity index (χ3v) is 4.70. The smallest absolute Gasteiger partial charge is 0.247 e. The van der Waals surface area contributed by atoms with Crippen LogP contribution in [0.2, 0.25) is 0 Å². The summed E-state index contributed by atoms with van der Waals surface area (Å²) in [5, 5.41) is 0. The lowest BCUT2D eigenvalue weighted by molar-refractivity contribution is -0.126. The molecule has 1 fully saturated rings. The fourth-order valence-electron chi connectivity index (χ4n) is 3.39. The summed E-state index contributed by atoms with van der Waals surface area (Å²) in [6.07, 6.45) is 5.19. The molecule has 2 aromatic carbocycles. The van der Waals surface area contributed by atoms with Crippen molar-refractivity contribution in [3.8, 4) is 11.5 Å². The van der Waals surface area contributed by atoms with Crippen LogP contribution in [0, 0.1) is 5.82 Å². The first-order valence-corrected chi connectivity index (χ1v) is 9.17. The fourth-order valence-corrected chi connectivity index (χ4v) is 3.39. The summed E-state index contributed by atoms with van der Waals surface area (Å²) < 4.78 is 24.0. The predicted octanol–water partition coefficient (Wildman–Crippen LogP) is 4.61. The predicted molar refractivity (Wildman–Crippen MR) is 103 cm³/mol. The number of methoxy groups -OCH3 is 1. The Kier molecular flexibility index (Phi) is 6.12. The molecular formula is C22H24FNO3. The molecule has 0 aliphatic carbocycles. The number of nitrogens with zero attached hydrogens (tertiary/aromatic N) is 1. The molecule has 0 aromatic heterocycles. The summed E-state index contributed by atoms with van der Waals surface area (Å²) in [7, 11) is 1.59. The topological polar surface area (TPSA) is 38.8 Å². The van der Waals surface area contributed by atoms with Gasteiger partial charge < -0.3 is 14.4 Å². The van der Waals surface area contributed by atoms with E-state index in [1.165, 1.54) is 12.1 Å². The Morgan fingerprint density at radius 1 is 1.22 bits per heavy atom. The molecule has 1 amide bonds. The van der Waals surface area contributed by atoms with E-state index < -0.39 is 0 Å². The maximum Gasteiger partial charge on any atom is 0.247 e. The molecule has 27 heavy (non-hydrogen) atoms. The average Bonchev–Trinajstić information content (AvgIpc) is 3.17. The number of carbonyl (C=O) groups is 1. The molecule has 1 unspecified atom stereocenters. The largest absolute Gasteiger partial charge is 0.493 e. The summed E-state index contributed by atoms with van der Waals surface area (Å²) in [4.78, 5) is 14.5. The van der Waals surface area contributed by atoms with Crippen LogP contribution in [0.5, 0.6) is 11.5 Å². The molecule has 1 saturated heterocycles. The van der Waals surface area contributed by atoms with Gasteiger partial charge >= 0.3 is 0 Å². The van der Waals surface area contributed by atoms with Gasteiger partial charge in [-0.3, -0.25) is 4.79 Å². The number of hydrogen-bond donors (Lipinski definition) is 0. The SMILES string of the molecule is CCOc1ccc(/C=C/C(=O)N2CCCC2c2ccc(F)cc2)cc1OC. The minimum Gasteiger partial charge on any atom is -0.493 e. The highest BCUT2D eigenvalue weighted by molar-refractivity contribution is 5.92. The van der Waals surface area contributed by atoms with Gasteiger partial charge in [-0.1, -0.05) is 18.2 Å². The molecule has 0 saturated carbocycles. The summed E-state index contributed by atoms with van der Waals surface area (Å²) in [5.74, 6) is 1.00. The molecule has 1 heterocycles. The number of amides is 1. The molecular weight excluding hydrogens is 345 g/mol. The average molecular weight is 369 g/mol. The molecule has 0 bridgehead atoms. The second-order valence-corrected chi connectivity index (χ2v) is 6.42. The van der Waals surface area contributed by atoms with Crippen molar-refractivity contribution in [2.45, 2.75) is 25.8 Å². The quantitative estimate of drug-likeness (QED) is 0.698. The third-order valence-electron chi connectivity index (χ3n) is 4.70. The lowest BCUT2D eigenvalue weighted by Gasteiger charge is -2.23. The lowest BCUT2D eigenvalue weighted by atomic mass is 10.0. The number of hydrogen-bond acceptors (Lipinski definition) is 3. The van der Waals surface area contributed by atoms with Crippen LogP contribution in [0.4, 0.5) is 4.39 Å². The van der Waals surface area contributed by atoms with Crippen LogP contribution in [0.25, 0.3) is 6.08 Å². The van der Waals surface area contributed by atoms with E-state index in [9.17, 15) is 9.18 Å². The van der Waals surface area contributed by atoms with Gasteiger partial charge in [0.25, 0.3) is 0 Å². The first kappa shape index (κ1) is 19.0. The number of likely N-dealkylation sites (tertiary alicyclic amines) is 1. The van der Waals surface area contributed by atoms with E-state index in [1.807, 2.05) is 30.0 Å². The molecule has 5 heteroatoms. The molecule has 0 radical (unpaired) electrons. The monoisotopic (exact) mass is 369 g/mol. The molecule has 0 spiro atoms. The Hall–Kier alpha value is -2.82. The van der Waals surface area contributed by atoms with Crippen molar-refractivity contribution in [1.29, 1.82) is 0 Å². The van der Waals surface area contributed by atoms with Gasteiger partial charge in [-0.25, -0.2) is 4.39 Å². The van der Waals surface area contributed by atoms with Gasteiger partial charge in [0.2, 0.25) is 5.91 Å². The van der Waals surface area contributed by atoms with E-state index >= 15 is 0 Å². The Morgan fingerprint density at radius 3 is 2.70 bits per heavy atom. The second kappa shape index (κ2) is 8.71. The lowest BCUT2D eigenvalue weighted by Crippen LogP contribution is -2.28. The van der Waals surface area contributed by atoms with Crippen LogP contribution in [0.15, 0.2) is 48.5 Å². The molecule has 2 aromatic rings. The molecule has 4 nitrogen and oxygen atoms in total. The number of ether oxygens (including phenoxy) is 2. The van der Waals surface area contributed by atoms with Crippen molar-refractivity contribution in [2.75, 3.05) is 20.3 Å². The zero-order chi connectivity index (χ0) is 19.2. The molecule has 0 N–H and O–H groups in total. The highest BCUT2D eigenvalue weighted by atomic mass is 19.1. The highest BCUT2D eigenvalue weighted by Crippen LogP contribution is 2.32. The van der Waals surface area contributed by atoms with Crippen molar-refractivity contribution in [2.24, 2.45) is 0 Å². The van der Waals surface area contributed by atoms with E-state index in [0.29, 0.717) is 24.7 Å². The Labute approximate surface area is 159 Å². The van der Waals surface area contributed by atoms with E-state index in [2.05, 4.69) is 0 Å². The van der Waals surface area contributed by atoms with Crippen molar-refractivity contribution < 1.29 is 18.7 Å². The molecule has 142 valence electrons. The van der Waals surface area contributed by atoms with Crippen molar-refractivity contribution >= 4 is 12.0 Å². The van der Waals surface area contributed by atoms with Gasteiger partial charge in [0.05, 0.1) is 19.8 Å². The van der Waals surface area contributed by atoms with Crippen LogP contribution in [0.3, 0.4) is 0 Å². The van der Waals surface area contributed by atoms with Gasteiger partial charge in [0, 0.05) is 12.6 Å².